The van der Waals surface area contributed by atoms with E-state index >= 15 is 0 Å². The van der Waals surface area contributed by atoms with E-state index in [1.54, 1.807) is 30.8 Å². The van der Waals surface area contributed by atoms with Crippen molar-refractivity contribution in [3.8, 4) is 0 Å². The quantitative estimate of drug-likeness (QED) is 0.881. The first kappa shape index (κ1) is 14.8. The normalized spacial score (nSPS) is 19.7. The lowest BCUT2D eigenvalue weighted by atomic mass is 10.2. The maximum atomic E-state index is 12.2. The van der Waals surface area contributed by atoms with Crippen LogP contribution in [0.2, 0.25) is 0 Å². The molecule has 0 aromatic carbocycles. The molecule has 116 valence electrons. The Morgan fingerprint density at radius 1 is 1.45 bits per heavy atom. The fourth-order valence-electron chi connectivity index (χ4n) is 2.43. The van der Waals surface area contributed by atoms with E-state index in [4.69, 9.17) is 0 Å². The summed E-state index contributed by atoms with van der Waals surface area (Å²) in [6, 6.07) is 4.20. The molecule has 1 fully saturated rings. The lowest BCUT2D eigenvalue weighted by Crippen LogP contribution is -2.23. The summed E-state index contributed by atoms with van der Waals surface area (Å²) in [4.78, 5) is 26.1. The van der Waals surface area contributed by atoms with Gasteiger partial charge in [0, 0.05) is 34.8 Å². The van der Waals surface area contributed by atoms with Gasteiger partial charge in [-0.3, -0.25) is 14.3 Å². The van der Waals surface area contributed by atoms with Crippen molar-refractivity contribution in [1.29, 1.82) is 0 Å². The Labute approximate surface area is 132 Å². The third-order valence-electron chi connectivity index (χ3n) is 3.74. The number of likely N-dealkylation sites (N-methyl/N-ethyl adjacent to an activating group) is 1. The van der Waals surface area contributed by atoms with Gasteiger partial charge in [0.05, 0.1) is 11.9 Å². The molecule has 0 bridgehead atoms. The highest BCUT2D eigenvalue weighted by Crippen LogP contribution is 2.50. The van der Waals surface area contributed by atoms with Crippen molar-refractivity contribution >= 4 is 28.8 Å². The Morgan fingerprint density at radius 2 is 2.27 bits per heavy atom. The van der Waals surface area contributed by atoms with Crippen LogP contribution >= 0.6 is 11.3 Å². The summed E-state index contributed by atoms with van der Waals surface area (Å²) in [5, 5.41) is 9.47. The van der Waals surface area contributed by atoms with Crippen LogP contribution in [0, 0.1) is 12.8 Å². The Kier molecular flexibility index (Phi) is 3.98. The van der Waals surface area contributed by atoms with E-state index in [-0.39, 0.29) is 24.3 Å². The average Bonchev–Trinajstić information content (AvgIpc) is 3.00. The first-order valence-corrected chi connectivity index (χ1v) is 7.98. The molecule has 22 heavy (non-hydrogen) atoms. The largest absolute Gasteiger partial charge is 0.358 e. The fraction of sp³-hybridized carbons (Fsp3) is 0.400. The number of amides is 2. The molecule has 0 aliphatic heterocycles. The number of aryl methyl sites for hydroxylation is 1. The molecule has 2 N–H and O–H groups in total. The van der Waals surface area contributed by atoms with Gasteiger partial charge in [-0.05, 0) is 25.5 Å². The highest BCUT2D eigenvalue weighted by molar-refractivity contribution is 7.12. The molecule has 0 radical (unpaired) electrons. The van der Waals surface area contributed by atoms with E-state index in [0.717, 1.165) is 6.42 Å². The summed E-state index contributed by atoms with van der Waals surface area (Å²) in [5.74, 6) is 0.284. The van der Waals surface area contributed by atoms with Crippen molar-refractivity contribution in [2.24, 2.45) is 5.92 Å². The number of hydrogen-bond donors (Lipinski definition) is 2. The van der Waals surface area contributed by atoms with Crippen molar-refractivity contribution in [2.75, 3.05) is 12.4 Å². The Balaban J connectivity index is 1.56. The number of carbonyl (C=O) groups excluding carboxylic acids is 2. The highest BCUT2D eigenvalue weighted by atomic mass is 32.1. The third kappa shape index (κ3) is 3.19. The third-order valence-corrected chi connectivity index (χ3v) is 4.87. The summed E-state index contributed by atoms with van der Waals surface area (Å²) in [6.07, 6.45) is 4.13. The van der Waals surface area contributed by atoms with E-state index in [9.17, 15) is 9.59 Å². The number of carbonyl (C=O) groups is 2. The summed E-state index contributed by atoms with van der Waals surface area (Å²) < 4.78 is 1.50. The number of nitrogens with one attached hydrogen (secondary N) is 2. The average molecular weight is 318 g/mol. The van der Waals surface area contributed by atoms with Gasteiger partial charge in [-0.2, -0.15) is 5.10 Å². The molecule has 2 aromatic rings. The van der Waals surface area contributed by atoms with Gasteiger partial charge >= 0.3 is 0 Å². The molecular weight excluding hydrogens is 300 g/mol. The zero-order valence-electron chi connectivity index (χ0n) is 12.5. The predicted octanol–water partition coefficient (Wildman–Crippen LogP) is 1.74. The number of anilines is 1. The topological polar surface area (TPSA) is 76.0 Å². The summed E-state index contributed by atoms with van der Waals surface area (Å²) in [6.45, 7) is 2.22. The second-order valence-electron chi connectivity index (χ2n) is 5.49. The zero-order valence-corrected chi connectivity index (χ0v) is 13.3. The molecule has 2 heterocycles. The molecule has 2 aromatic heterocycles. The summed E-state index contributed by atoms with van der Waals surface area (Å²) in [7, 11) is 1.58. The van der Waals surface area contributed by atoms with Crippen LogP contribution in [0.25, 0.3) is 0 Å². The SMILES string of the molecule is CNC(=O)Cn1cc(NC(=O)[C@@H]2C[C@@H]2c2ccc(C)s2)cn1. The molecule has 7 heteroatoms. The minimum absolute atomic E-state index is 0.0237. The van der Waals surface area contributed by atoms with Crippen molar-refractivity contribution in [3.63, 3.8) is 0 Å². The van der Waals surface area contributed by atoms with Crippen LogP contribution in [-0.2, 0) is 16.1 Å². The van der Waals surface area contributed by atoms with Gasteiger partial charge in [0.1, 0.15) is 6.54 Å². The molecule has 0 unspecified atom stereocenters. The maximum absolute atomic E-state index is 12.2. The van der Waals surface area contributed by atoms with Gasteiger partial charge in [-0.25, -0.2) is 0 Å². The van der Waals surface area contributed by atoms with Crippen LogP contribution in [0.4, 0.5) is 5.69 Å². The van der Waals surface area contributed by atoms with Gasteiger partial charge in [-0.15, -0.1) is 11.3 Å². The predicted molar refractivity (Wildman–Crippen MR) is 84.8 cm³/mol. The van der Waals surface area contributed by atoms with E-state index in [2.05, 4.69) is 34.8 Å². The molecule has 2 atom stereocenters. The molecule has 3 rings (SSSR count). The van der Waals surface area contributed by atoms with Crippen molar-refractivity contribution in [1.82, 2.24) is 15.1 Å². The smallest absolute Gasteiger partial charge is 0.241 e. The van der Waals surface area contributed by atoms with E-state index < -0.39 is 0 Å². The van der Waals surface area contributed by atoms with Gasteiger partial charge in [-0.1, -0.05) is 0 Å². The van der Waals surface area contributed by atoms with Gasteiger partial charge in [0.15, 0.2) is 0 Å². The van der Waals surface area contributed by atoms with Crippen molar-refractivity contribution in [3.05, 3.63) is 34.3 Å². The second kappa shape index (κ2) is 5.92. The number of aromatic nitrogens is 2. The van der Waals surface area contributed by atoms with E-state index in [1.807, 2.05) is 0 Å². The van der Waals surface area contributed by atoms with Crippen LogP contribution in [0.5, 0.6) is 0 Å². The molecular formula is C15H18N4O2S. The molecule has 2 amide bonds. The first-order valence-electron chi connectivity index (χ1n) is 7.17. The maximum Gasteiger partial charge on any atom is 0.241 e. The first-order chi connectivity index (χ1) is 10.6. The van der Waals surface area contributed by atoms with Crippen LogP contribution in [0.15, 0.2) is 24.5 Å². The standard InChI is InChI=1S/C15H18N4O2S/c1-9-3-4-13(22-9)11-5-12(11)15(21)18-10-6-17-19(7-10)8-14(20)16-2/h3-4,6-7,11-12H,5,8H2,1-2H3,(H,16,20)(H,18,21)/t11-,12+/m0/s1. The second-order valence-corrected chi connectivity index (χ2v) is 6.81. The van der Waals surface area contributed by atoms with Gasteiger partial charge < -0.3 is 10.6 Å². The highest BCUT2D eigenvalue weighted by Gasteiger charge is 2.44. The lowest BCUT2D eigenvalue weighted by Gasteiger charge is -2.01. The number of thiophene rings is 1. The molecule has 1 aliphatic rings. The van der Waals surface area contributed by atoms with E-state index in [1.165, 1.54) is 14.4 Å². The van der Waals surface area contributed by atoms with Crippen molar-refractivity contribution < 1.29 is 9.59 Å². The van der Waals surface area contributed by atoms with Crippen LogP contribution in [0.1, 0.15) is 22.1 Å². The minimum Gasteiger partial charge on any atom is -0.358 e. The number of nitrogens with zero attached hydrogens (tertiary/aromatic N) is 2. The van der Waals surface area contributed by atoms with Crippen molar-refractivity contribution in [2.45, 2.75) is 25.8 Å². The van der Waals surface area contributed by atoms with E-state index in [0.29, 0.717) is 11.6 Å². The lowest BCUT2D eigenvalue weighted by molar-refractivity contribution is -0.121. The molecule has 1 aliphatic carbocycles. The van der Waals surface area contributed by atoms with Crippen LogP contribution in [0.3, 0.4) is 0 Å². The Morgan fingerprint density at radius 3 is 2.95 bits per heavy atom. The number of hydrogen-bond acceptors (Lipinski definition) is 4. The minimum atomic E-state index is -0.128. The monoisotopic (exact) mass is 318 g/mol. The molecule has 0 saturated heterocycles. The van der Waals surface area contributed by atoms with Crippen LogP contribution < -0.4 is 10.6 Å². The van der Waals surface area contributed by atoms with Crippen LogP contribution in [-0.4, -0.2) is 28.6 Å². The van der Waals surface area contributed by atoms with Gasteiger partial charge in [0.25, 0.3) is 0 Å². The molecule has 0 spiro atoms. The fourth-order valence-corrected chi connectivity index (χ4v) is 3.48. The summed E-state index contributed by atoms with van der Waals surface area (Å²) in [5.41, 5.74) is 0.627. The molecule has 6 nitrogen and oxygen atoms in total. The zero-order chi connectivity index (χ0) is 15.7. The molecule has 1 saturated carbocycles. The Hall–Kier alpha value is -2.15. The Bertz CT molecular complexity index is 706. The van der Waals surface area contributed by atoms with Gasteiger partial charge in [0.2, 0.25) is 11.8 Å². The number of rotatable bonds is 5. The summed E-state index contributed by atoms with van der Waals surface area (Å²) >= 11 is 1.76.